The lowest BCUT2D eigenvalue weighted by molar-refractivity contribution is 0.132. The third-order valence-corrected chi connectivity index (χ3v) is 2.49. The fourth-order valence-electron chi connectivity index (χ4n) is 1.21. The molecule has 74 valence electrons. The van der Waals surface area contributed by atoms with Crippen LogP contribution in [0.1, 0.15) is 25.0 Å². The van der Waals surface area contributed by atoms with Gasteiger partial charge in [0.05, 0.1) is 18.1 Å². The molecule has 2 atom stereocenters. The summed E-state index contributed by atoms with van der Waals surface area (Å²) in [7, 11) is 0. The van der Waals surface area contributed by atoms with Crippen LogP contribution in [0.25, 0.3) is 0 Å². The Morgan fingerprint density at radius 3 is 2.86 bits per heavy atom. The van der Waals surface area contributed by atoms with Crippen molar-refractivity contribution in [1.82, 2.24) is 4.98 Å². The number of pyridine rings is 1. The zero-order chi connectivity index (χ0) is 10.6. The number of aliphatic hydroxyl groups is 1. The van der Waals surface area contributed by atoms with Gasteiger partial charge in [0.25, 0.3) is 0 Å². The van der Waals surface area contributed by atoms with Gasteiger partial charge in [-0.15, -0.1) is 0 Å². The minimum absolute atomic E-state index is 0.369. The highest BCUT2D eigenvalue weighted by atomic mass is 79.9. The van der Waals surface area contributed by atoms with E-state index in [9.17, 15) is 5.11 Å². The number of halogens is 1. The standard InChI is InChI=1S/C10H11BrN2O/c1-2-7(4-12)10(14)8-3-9(11)6-13-5-8/h3,5-7,10,14H,2H2,1H3. The monoisotopic (exact) mass is 254 g/mol. The van der Waals surface area contributed by atoms with Crippen LogP contribution < -0.4 is 0 Å². The highest BCUT2D eigenvalue weighted by molar-refractivity contribution is 9.10. The molecule has 3 nitrogen and oxygen atoms in total. The number of nitrogens with zero attached hydrogens (tertiary/aromatic N) is 2. The molecule has 0 fully saturated rings. The van der Waals surface area contributed by atoms with E-state index in [2.05, 4.69) is 27.0 Å². The van der Waals surface area contributed by atoms with Crippen molar-refractivity contribution in [2.45, 2.75) is 19.4 Å². The summed E-state index contributed by atoms with van der Waals surface area (Å²) in [6.07, 6.45) is 3.10. The Hall–Kier alpha value is -0.920. The van der Waals surface area contributed by atoms with Crippen LogP contribution in [0.5, 0.6) is 0 Å². The van der Waals surface area contributed by atoms with Crippen LogP contribution in [-0.4, -0.2) is 10.1 Å². The molecular formula is C10H11BrN2O. The van der Waals surface area contributed by atoms with Gasteiger partial charge >= 0.3 is 0 Å². The van der Waals surface area contributed by atoms with Crippen molar-refractivity contribution in [1.29, 1.82) is 5.26 Å². The Balaban J connectivity index is 2.89. The Kier molecular flexibility index (Phi) is 4.05. The lowest BCUT2D eigenvalue weighted by Crippen LogP contribution is -2.09. The second-order valence-corrected chi connectivity index (χ2v) is 3.94. The third kappa shape index (κ3) is 2.53. The van der Waals surface area contributed by atoms with E-state index >= 15 is 0 Å². The zero-order valence-electron chi connectivity index (χ0n) is 7.81. The Bertz CT molecular complexity index is 348. The molecule has 1 heterocycles. The Morgan fingerprint density at radius 1 is 1.64 bits per heavy atom. The maximum absolute atomic E-state index is 9.82. The van der Waals surface area contributed by atoms with E-state index in [1.807, 2.05) is 6.92 Å². The smallest absolute Gasteiger partial charge is 0.0963 e. The molecule has 0 radical (unpaired) electrons. The van der Waals surface area contributed by atoms with Crippen LogP contribution in [0, 0.1) is 17.2 Å². The fraction of sp³-hybridized carbons (Fsp3) is 0.400. The Morgan fingerprint density at radius 2 is 2.36 bits per heavy atom. The molecule has 2 unspecified atom stereocenters. The van der Waals surface area contributed by atoms with E-state index in [1.54, 1.807) is 18.5 Å². The molecule has 1 N–H and O–H groups in total. The number of nitriles is 1. The van der Waals surface area contributed by atoms with E-state index in [0.29, 0.717) is 12.0 Å². The van der Waals surface area contributed by atoms with Crippen molar-refractivity contribution in [3.8, 4) is 6.07 Å². The van der Waals surface area contributed by atoms with E-state index in [4.69, 9.17) is 5.26 Å². The molecule has 1 rings (SSSR count). The van der Waals surface area contributed by atoms with Gasteiger partial charge in [0.1, 0.15) is 0 Å². The van der Waals surface area contributed by atoms with Crippen LogP contribution >= 0.6 is 15.9 Å². The molecule has 0 bridgehead atoms. The van der Waals surface area contributed by atoms with Crippen molar-refractivity contribution < 1.29 is 5.11 Å². The molecular weight excluding hydrogens is 244 g/mol. The van der Waals surface area contributed by atoms with Gasteiger partial charge in [-0.05, 0) is 28.4 Å². The maximum atomic E-state index is 9.82. The minimum Gasteiger partial charge on any atom is -0.387 e. The quantitative estimate of drug-likeness (QED) is 0.902. The van der Waals surface area contributed by atoms with Crippen molar-refractivity contribution in [2.75, 3.05) is 0 Å². The number of aliphatic hydroxyl groups excluding tert-OH is 1. The summed E-state index contributed by atoms with van der Waals surface area (Å²) in [5, 5.41) is 18.6. The molecule has 0 amide bonds. The van der Waals surface area contributed by atoms with E-state index in [1.165, 1.54) is 0 Å². The third-order valence-electron chi connectivity index (χ3n) is 2.05. The van der Waals surface area contributed by atoms with Gasteiger partial charge in [0, 0.05) is 22.4 Å². The van der Waals surface area contributed by atoms with Crippen LogP contribution in [-0.2, 0) is 0 Å². The topological polar surface area (TPSA) is 56.9 Å². The van der Waals surface area contributed by atoms with E-state index < -0.39 is 6.10 Å². The van der Waals surface area contributed by atoms with Gasteiger partial charge in [-0.2, -0.15) is 5.26 Å². The maximum Gasteiger partial charge on any atom is 0.0963 e. The molecule has 0 saturated heterocycles. The van der Waals surface area contributed by atoms with Crippen LogP contribution in [0.2, 0.25) is 0 Å². The predicted molar refractivity (Wildman–Crippen MR) is 56.3 cm³/mol. The first-order valence-electron chi connectivity index (χ1n) is 4.37. The first-order valence-corrected chi connectivity index (χ1v) is 5.16. The summed E-state index contributed by atoms with van der Waals surface area (Å²) < 4.78 is 0.807. The molecule has 0 aliphatic heterocycles. The summed E-state index contributed by atoms with van der Waals surface area (Å²) >= 11 is 3.27. The SMILES string of the molecule is CCC(C#N)C(O)c1cncc(Br)c1. The van der Waals surface area contributed by atoms with Crippen LogP contribution in [0.3, 0.4) is 0 Å². The van der Waals surface area contributed by atoms with Gasteiger partial charge in [0.2, 0.25) is 0 Å². The van der Waals surface area contributed by atoms with Gasteiger partial charge in [-0.1, -0.05) is 6.92 Å². The molecule has 0 aromatic carbocycles. The summed E-state index contributed by atoms with van der Waals surface area (Å²) in [4.78, 5) is 3.94. The molecule has 0 aliphatic carbocycles. The predicted octanol–water partition coefficient (Wildman–Crippen LogP) is 2.43. The van der Waals surface area contributed by atoms with Crippen molar-refractivity contribution in [3.05, 3.63) is 28.5 Å². The molecule has 1 aromatic rings. The molecule has 0 spiro atoms. The summed E-state index contributed by atoms with van der Waals surface area (Å²) in [5.74, 6) is -0.369. The normalized spacial score (nSPS) is 14.4. The zero-order valence-corrected chi connectivity index (χ0v) is 9.40. The molecule has 1 aromatic heterocycles. The minimum atomic E-state index is -0.755. The highest BCUT2D eigenvalue weighted by Crippen LogP contribution is 2.25. The van der Waals surface area contributed by atoms with Gasteiger partial charge in [-0.25, -0.2) is 0 Å². The first-order chi connectivity index (χ1) is 6.69. The summed E-state index contributed by atoms with van der Waals surface area (Å²) in [5.41, 5.74) is 0.674. The fourth-order valence-corrected chi connectivity index (χ4v) is 1.59. The number of aromatic nitrogens is 1. The average molecular weight is 255 g/mol. The Labute approximate surface area is 91.5 Å². The average Bonchev–Trinajstić information content (AvgIpc) is 2.19. The van der Waals surface area contributed by atoms with E-state index in [0.717, 1.165) is 4.47 Å². The molecule has 4 heteroatoms. The summed E-state index contributed by atoms with van der Waals surface area (Å²) in [6.45, 7) is 1.88. The van der Waals surface area contributed by atoms with Gasteiger partial charge in [-0.3, -0.25) is 4.98 Å². The van der Waals surface area contributed by atoms with Crippen LogP contribution in [0.15, 0.2) is 22.9 Å². The van der Waals surface area contributed by atoms with Crippen LogP contribution in [0.4, 0.5) is 0 Å². The van der Waals surface area contributed by atoms with E-state index in [-0.39, 0.29) is 5.92 Å². The molecule has 0 aliphatic rings. The number of hydrogen-bond donors (Lipinski definition) is 1. The second-order valence-electron chi connectivity index (χ2n) is 3.03. The lowest BCUT2D eigenvalue weighted by atomic mass is 9.96. The van der Waals surface area contributed by atoms with Gasteiger partial charge in [0.15, 0.2) is 0 Å². The molecule has 0 saturated carbocycles. The number of rotatable bonds is 3. The summed E-state index contributed by atoms with van der Waals surface area (Å²) in [6, 6.07) is 3.85. The van der Waals surface area contributed by atoms with Gasteiger partial charge < -0.3 is 5.11 Å². The van der Waals surface area contributed by atoms with Crippen molar-refractivity contribution in [3.63, 3.8) is 0 Å². The first kappa shape index (κ1) is 11.2. The van der Waals surface area contributed by atoms with Crippen molar-refractivity contribution >= 4 is 15.9 Å². The number of hydrogen-bond acceptors (Lipinski definition) is 3. The van der Waals surface area contributed by atoms with Crippen molar-refractivity contribution in [2.24, 2.45) is 5.92 Å². The second kappa shape index (κ2) is 5.08. The lowest BCUT2D eigenvalue weighted by Gasteiger charge is -2.14. The highest BCUT2D eigenvalue weighted by Gasteiger charge is 2.18. The largest absolute Gasteiger partial charge is 0.387 e. The molecule has 14 heavy (non-hydrogen) atoms.